The Balaban J connectivity index is 1.82. The van der Waals surface area contributed by atoms with E-state index in [1.807, 2.05) is 31.3 Å². The molecule has 1 fully saturated rings. The highest BCUT2D eigenvalue weighted by atomic mass is 16.5. The molecule has 5 nitrogen and oxygen atoms in total. The molecule has 0 radical (unpaired) electrons. The van der Waals surface area contributed by atoms with Gasteiger partial charge in [0, 0.05) is 6.54 Å². The van der Waals surface area contributed by atoms with Crippen LogP contribution in [-0.2, 0) is 11.3 Å². The number of hydrogen-bond donors (Lipinski definition) is 2. The molecule has 0 aliphatic heterocycles. The second kappa shape index (κ2) is 7.09. The summed E-state index contributed by atoms with van der Waals surface area (Å²) in [6.07, 6.45) is 3.44. The third-order valence-corrected chi connectivity index (χ3v) is 3.72. The maximum Gasteiger partial charge on any atom is 0.259 e. The summed E-state index contributed by atoms with van der Waals surface area (Å²) in [4.78, 5) is 11.9. The van der Waals surface area contributed by atoms with Gasteiger partial charge in [0.1, 0.15) is 11.3 Å². The Bertz CT molecular complexity index is 513. The maximum absolute atomic E-state index is 11.9. The summed E-state index contributed by atoms with van der Waals surface area (Å²) < 4.78 is 5.46. The fraction of sp³-hybridized carbons (Fsp3) is 0.500. The van der Waals surface area contributed by atoms with Gasteiger partial charge in [0.15, 0.2) is 6.61 Å². The Morgan fingerprint density at radius 2 is 2.00 bits per heavy atom. The number of carbonyl (C=O) groups is 1. The van der Waals surface area contributed by atoms with Crippen LogP contribution in [0.15, 0.2) is 24.3 Å². The molecule has 1 aromatic rings. The maximum atomic E-state index is 11.9. The van der Waals surface area contributed by atoms with Gasteiger partial charge in [-0.2, -0.15) is 5.26 Å². The zero-order chi connectivity index (χ0) is 15.1. The van der Waals surface area contributed by atoms with Crippen LogP contribution >= 0.6 is 0 Å². The number of amides is 1. The molecule has 1 aromatic carbocycles. The summed E-state index contributed by atoms with van der Waals surface area (Å²) >= 11 is 0. The molecule has 21 heavy (non-hydrogen) atoms. The number of carbonyl (C=O) groups excluding carboxylic acids is 1. The van der Waals surface area contributed by atoms with Crippen molar-refractivity contribution in [3.63, 3.8) is 0 Å². The van der Waals surface area contributed by atoms with E-state index >= 15 is 0 Å². The lowest BCUT2D eigenvalue weighted by Gasteiger charge is -2.21. The third kappa shape index (κ3) is 4.20. The number of nitriles is 1. The standard InChI is InChI=1S/C16H21N3O2/c1-18-10-13-4-6-14(7-5-13)21-11-15(20)19-16(12-17)8-2-3-9-16/h4-7,18H,2-3,8-11H2,1H3,(H,19,20). The molecule has 1 aliphatic carbocycles. The van der Waals surface area contributed by atoms with E-state index in [9.17, 15) is 10.1 Å². The predicted octanol–water partition coefficient (Wildman–Crippen LogP) is 1.74. The molecule has 0 spiro atoms. The first kappa shape index (κ1) is 15.3. The monoisotopic (exact) mass is 287 g/mol. The molecule has 1 aliphatic rings. The van der Waals surface area contributed by atoms with Gasteiger partial charge in [-0.05, 0) is 50.4 Å². The number of nitrogens with zero attached hydrogens (tertiary/aromatic N) is 1. The largest absolute Gasteiger partial charge is 0.484 e. The second-order valence-corrected chi connectivity index (χ2v) is 5.41. The van der Waals surface area contributed by atoms with Crippen molar-refractivity contribution < 1.29 is 9.53 Å². The van der Waals surface area contributed by atoms with Crippen LogP contribution in [0.3, 0.4) is 0 Å². The van der Waals surface area contributed by atoms with Crippen molar-refractivity contribution in [1.82, 2.24) is 10.6 Å². The number of hydrogen-bond acceptors (Lipinski definition) is 4. The molecule has 0 atom stereocenters. The van der Waals surface area contributed by atoms with E-state index in [-0.39, 0.29) is 12.5 Å². The zero-order valence-corrected chi connectivity index (χ0v) is 12.3. The average Bonchev–Trinajstić information content (AvgIpc) is 2.96. The first-order valence-electron chi connectivity index (χ1n) is 7.26. The van der Waals surface area contributed by atoms with Crippen molar-refractivity contribution in [2.75, 3.05) is 13.7 Å². The van der Waals surface area contributed by atoms with Crippen LogP contribution in [0.1, 0.15) is 31.2 Å². The van der Waals surface area contributed by atoms with E-state index in [2.05, 4.69) is 16.7 Å². The fourth-order valence-electron chi connectivity index (χ4n) is 2.60. The second-order valence-electron chi connectivity index (χ2n) is 5.41. The highest BCUT2D eigenvalue weighted by molar-refractivity contribution is 5.79. The molecule has 1 amide bonds. The van der Waals surface area contributed by atoms with Gasteiger partial charge in [-0.15, -0.1) is 0 Å². The van der Waals surface area contributed by atoms with Gasteiger partial charge >= 0.3 is 0 Å². The van der Waals surface area contributed by atoms with Crippen LogP contribution in [0.25, 0.3) is 0 Å². The van der Waals surface area contributed by atoms with Gasteiger partial charge < -0.3 is 15.4 Å². The normalized spacial score (nSPS) is 16.2. The fourth-order valence-corrected chi connectivity index (χ4v) is 2.60. The van der Waals surface area contributed by atoms with Crippen LogP contribution in [0.4, 0.5) is 0 Å². The zero-order valence-electron chi connectivity index (χ0n) is 12.3. The molecule has 0 aromatic heterocycles. The summed E-state index contributed by atoms with van der Waals surface area (Å²) in [6.45, 7) is 0.736. The van der Waals surface area contributed by atoms with Crippen molar-refractivity contribution in [2.45, 2.75) is 37.8 Å². The summed E-state index contributed by atoms with van der Waals surface area (Å²) in [5, 5.41) is 15.1. The van der Waals surface area contributed by atoms with E-state index in [1.165, 1.54) is 0 Å². The summed E-state index contributed by atoms with van der Waals surface area (Å²) in [5.74, 6) is 0.417. The molecule has 0 heterocycles. The summed E-state index contributed by atoms with van der Waals surface area (Å²) in [7, 11) is 1.89. The Morgan fingerprint density at radius 1 is 1.33 bits per heavy atom. The predicted molar refractivity (Wildman–Crippen MR) is 79.7 cm³/mol. The lowest BCUT2D eigenvalue weighted by atomic mass is 10.00. The smallest absolute Gasteiger partial charge is 0.259 e. The number of rotatable bonds is 6. The molecule has 2 N–H and O–H groups in total. The molecule has 1 saturated carbocycles. The van der Waals surface area contributed by atoms with Crippen molar-refractivity contribution in [3.8, 4) is 11.8 Å². The van der Waals surface area contributed by atoms with E-state index in [0.29, 0.717) is 5.75 Å². The van der Waals surface area contributed by atoms with E-state index < -0.39 is 5.54 Å². The van der Waals surface area contributed by atoms with E-state index in [0.717, 1.165) is 37.8 Å². The average molecular weight is 287 g/mol. The van der Waals surface area contributed by atoms with Crippen molar-refractivity contribution in [2.24, 2.45) is 0 Å². The molecule has 2 rings (SSSR count). The molecular weight excluding hydrogens is 266 g/mol. The minimum Gasteiger partial charge on any atom is -0.484 e. The van der Waals surface area contributed by atoms with Gasteiger partial charge in [-0.25, -0.2) is 0 Å². The Kier molecular flexibility index (Phi) is 5.18. The lowest BCUT2D eigenvalue weighted by Crippen LogP contribution is -2.47. The molecule has 0 saturated heterocycles. The van der Waals surface area contributed by atoms with Crippen molar-refractivity contribution in [1.29, 1.82) is 5.26 Å². The molecule has 0 bridgehead atoms. The van der Waals surface area contributed by atoms with Gasteiger partial charge in [0.2, 0.25) is 0 Å². The third-order valence-electron chi connectivity index (χ3n) is 3.72. The van der Waals surface area contributed by atoms with Crippen LogP contribution < -0.4 is 15.4 Å². The first-order valence-corrected chi connectivity index (χ1v) is 7.26. The van der Waals surface area contributed by atoms with Gasteiger partial charge in [0.25, 0.3) is 5.91 Å². The highest BCUT2D eigenvalue weighted by Crippen LogP contribution is 2.28. The van der Waals surface area contributed by atoms with Gasteiger partial charge in [-0.3, -0.25) is 4.79 Å². The summed E-state index contributed by atoms with van der Waals surface area (Å²) in [5.41, 5.74) is 0.473. The number of ether oxygens (including phenoxy) is 1. The minimum absolute atomic E-state index is 0.0607. The summed E-state index contributed by atoms with van der Waals surface area (Å²) in [6, 6.07) is 9.83. The Labute approximate surface area is 125 Å². The van der Waals surface area contributed by atoms with E-state index in [4.69, 9.17) is 4.74 Å². The molecule has 112 valence electrons. The van der Waals surface area contributed by atoms with Crippen LogP contribution in [0.2, 0.25) is 0 Å². The SMILES string of the molecule is CNCc1ccc(OCC(=O)NC2(C#N)CCCC2)cc1. The van der Waals surface area contributed by atoms with Crippen molar-refractivity contribution >= 4 is 5.91 Å². The van der Waals surface area contributed by atoms with Crippen molar-refractivity contribution in [3.05, 3.63) is 29.8 Å². The van der Waals surface area contributed by atoms with Crippen LogP contribution in [-0.4, -0.2) is 25.1 Å². The van der Waals surface area contributed by atoms with Gasteiger partial charge in [-0.1, -0.05) is 12.1 Å². The van der Waals surface area contributed by atoms with Gasteiger partial charge in [0.05, 0.1) is 6.07 Å². The number of benzene rings is 1. The first-order chi connectivity index (χ1) is 10.2. The van der Waals surface area contributed by atoms with Crippen LogP contribution in [0.5, 0.6) is 5.75 Å². The number of nitrogens with one attached hydrogen (secondary N) is 2. The van der Waals surface area contributed by atoms with Crippen LogP contribution in [0, 0.1) is 11.3 Å². The molecule has 5 heteroatoms. The highest BCUT2D eigenvalue weighted by Gasteiger charge is 2.35. The molecule has 0 unspecified atom stereocenters. The lowest BCUT2D eigenvalue weighted by molar-refractivity contribution is -0.124. The Morgan fingerprint density at radius 3 is 2.57 bits per heavy atom. The quantitative estimate of drug-likeness (QED) is 0.835. The topological polar surface area (TPSA) is 74.2 Å². The minimum atomic E-state index is -0.683. The Hall–Kier alpha value is -2.06. The molecular formula is C16H21N3O2. The van der Waals surface area contributed by atoms with E-state index in [1.54, 1.807) is 0 Å².